The molecule has 1 atom stereocenters. The van der Waals surface area contributed by atoms with E-state index < -0.39 is 0 Å². The molecule has 0 aromatic carbocycles. The van der Waals surface area contributed by atoms with Gasteiger partial charge < -0.3 is 15.8 Å². The van der Waals surface area contributed by atoms with Gasteiger partial charge in [0.25, 0.3) is 0 Å². The van der Waals surface area contributed by atoms with Crippen LogP contribution in [-0.4, -0.2) is 56.2 Å². The molecule has 0 heterocycles. The molecule has 0 rings (SSSR count). The molecule has 114 valence electrons. The SMILES string of the molecule is CCNC(CCN(CCOC)C(CC)CC)C(N)=O. The largest absolute Gasteiger partial charge is 0.383 e. The molecule has 3 N–H and O–H groups in total. The molecule has 5 nitrogen and oxygen atoms in total. The van der Waals surface area contributed by atoms with Gasteiger partial charge in [-0.15, -0.1) is 0 Å². The molecule has 5 heteroatoms. The lowest BCUT2D eigenvalue weighted by atomic mass is 10.1. The Hall–Kier alpha value is -0.650. The molecule has 0 bridgehead atoms. The fourth-order valence-electron chi connectivity index (χ4n) is 2.38. The summed E-state index contributed by atoms with van der Waals surface area (Å²) in [5.41, 5.74) is 5.41. The number of methoxy groups -OCH3 is 1. The fraction of sp³-hybridized carbons (Fsp3) is 0.929. The molecule has 0 aliphatic rings. The molecule has 0 saturated carbocycles. The predicted molar refractivity (Wildman–Crippen MR) is 79.1 cm³/mol. The van der Waals surface area contributed by atoms with E-state index >= 15 is 0 Å². The summed E-state index contributed by atoms with van der Waals surface area (Å²) in [4.78, 5) is 13.7. The van der Waals surface area contributed by atoms with Crippen LogP contribution >= 0.6 is 0 Å². The molecule has 0 aromatic rings. The van der Waals surface area contributed by atoms with Crippen LogP contribution in [0.5, 0.6) is 0 Å². The third-order valence-electron chi connectivity index (χ3n) is 3.54. The minimum absolute atomic E-state index is 0.232. The minimum atomic E-state index is -0.266. The van der Waals surface area contributed by atoms with Gasteiger partial charge >= 0.3 is 0 Å². The second-order valence-corrected chi connectivity index (χ2v) is 4.80. The first kappa shape index (κ1) is 18.4. The Bertz CT molecular complexity index is 233. The monoisotopic (exact) mass is 273 g/mol. The lowest BCUT2D eigenvalue weighted by Gasteiger charge is -2.31. The Morgan fingerprint density at radius 3 is 2.32 bits per heavy atom. The van der Waals surface area contributed by atoms with E-state index in [0.29, 0.717) is 6.04 Å². The summed E-state index contributed by atoms with van der Waals surface area (Å²) in [6.45, 7) is 9.64. The highest BCUT2D eigenvalue weighted by atomic mass is 16.5. The first-order valence-electron chi connectivity index (χ1n) is 7.36. The maximum atomic E-state index is 11.3. The number of nitrogens with zero attached hydrogens (tertiary/aromatic N) is 1. The Kier molecular flexibility index (Phi) is 10.8. The molecule has 0 fully saturated rings. The van der Waals surface area contributed by atoms with Crippen molar-refractivity contribution < 1.29 is 9.53 Å². The number of carbonyl (C=O) groups is 1. The van der Waals surface area contributed by atoms with Gasteiger partial charge in [-0.05, 0) is 25.8 Å². The number of hydrogen-bond acceptors (Lipinski definition) is 4. The number of hydrogen-bond donors (Lipinski definition) is 2. The van der Waals surface area contributed by atoms with Crippen LogP contribution in [0.3, 0.4) is 0 Å². The van der Waals surface area contributed by atoms with Crippen LogP contribution in [0, 0.1) is 0 Å². The minimum Gasteiger partial charge on any atom is -0.383 e. The van der Waals surface area contributed by atoms with E-state index in [0.717, 1.165) is 45.5 Å². The molecule has 0 aromatic heterocycles. The molecule has 1 amide bonds. The number of nitrogens with one attached hydrogen (secondary N) is 1. The molecular formula is C14H31N3O2. The predicted octanol–water partition coefficient (Wildman–Crippen LogP) is 0.977. The van der Waals surface area contributed by atoms with Crippen LogP contribution in [0.4, 0.5) is 0 Å². The van der Waals surface area contributed by atoms with Gasteiger partial charge in [0.05, 0.1) is 12.6 Å². The lowest BCUT2D eigenvalue weighted by Crippen LogP contribution is -2.45. The third-order valence-corrected chi connectivity index (χ3v) is 3.54. The van der Waals surface area contributed by atoms with Crippen molar-refractivity contribution in [3.05, 3.63) is 0 Å². The molecule has 0 radical (unpaired) electrons. The summed E-state index contributed by atoms with van der Waals surface area (Å²) < 4.78 is 5.16. The van der Waals surface area contributed by atoms with Crippen molar-refractivity contribution in [3.63, 3.8) is 0 Å². The zero-order valence-corrected chi connectivity index (χ0v) is 12.9. The van der Waals surface area contributed by atoms with Gasteiger partial charge in [-0.2, -0.15) is 0 Å². The highest BCUT2D eigenvalue weighted by Crippen LogP contribution is 2.10. The van der Waals surface area contributed by atoms with Crippen molar-refractivity contribution in [2.75, 3.05) is 33.4 Å². The van der Waals surface area contributed by atoms with Crippen molar-refractivity contribution >= 4 is 5.91 Å². The second-order valence-electron chi connectivity index (χ2n) is 4.80. The molecule has 1 unspecified atom stereocenters. The Morgan fingerprint density at radius 1 is 1.26 bits per heavy atom. The van der Waals surface area contributed by atoms with Crippen molar-refractivity contribution in [1.29, 1.82) is 0 Å². The third kappa shape index (κ3) is 7.50. The van der Waals surface area contributed by atoms with Crippen LogP contribution in [0.25, 0.3) is 0 Å². The highest BCUT2D eigenvalue weighted by Gasteiger charge is 2.19. The van der Waals surface area contributed by atoms with E-state index in [4.69, 9.17) is 10.5 Å². The van der Waals surface area contributed by atoms with Gasteiger partial charge in [-0.3, -0.25) is 9.69 Å². The Balaban J connectivity index is 4.40. The maximum Gasteiger partial charge on any atom is 0.234 e. The number of carbonyl (C=O) groups excluding carboxylic acids is 1. The lowest BCUT2D eigenvalue weighted by molar-refractivity contribution is -0.120. The Labute approximate surface area is 117 Å². The highest BCUT2D eigenvalue weighted by molar-refractivity contribution is 5.79. The van der Waals surface area contributed by atoms with Gasteiger partial charge in [-0.1, -0.05) is 20.8 Å². The number of amides is 1. The summed E-state index contributed by atoms with van der Waals surface area (Å²) in [6, 6.07) is 0.315. The van der Waals surface area contributed by atoms with E-state index in [-0.39, 0.29) is 11.9 Å². The quantitative estimate of drug-likeness (QED) is 0.556. The van der Waals surface area contributed by atoms with Crippen molar-refractivity contribution in [3.8, 4) is 0 Å². The number of nitrogens with two attached hydrogens (primary N) is 1. The summed E-state index contributed by atoms with van der Waals surface area (Å²) in [7, 11) is 1.72. The van der Waals surface area contributed by atoms with Crippen LogP contribution < -0.4 is 11.1 Å². The average molecular weight is 273 g/mol. The van der Waals surface area contributed by atoms with E-state index in [1.165, 1.54) is 0 Å². The van der Waals surface area contributed by atoms with E-state index in [2.05, 4.69) is 24.1 Å². The van der Waals surface area contributed by atoms with Gasteiger partial charge in [0, 0.05) is 26.2 Å². The Morgan fingerprint density at radius 2 is 1.89 bits per heavy atom. The van der Waals surface area contributed by atoms with E-state index in [9.17, 15) is 4.79 Å². The van der Waals surface area contributed by atoms with Gasteiger partial charge in [0.15, 0.2) is 0 Å². The number of ether oxygens (including phenoxy) is 1. The zero-order valence-electron chi connectivity index (χ0n) is 12.9. The van der Waals surface area contributed by atoms with Crippen molar-refractivity contribution in [2.45, 2.75) is 52.1 Å². The molecule has 19 heavy (non-hydrogen) atoms. The van der Waals surface area contributed by atoms with Crippen LogP contribution in [0.15, 0.2) is 0 Å². The molecule has 0 aliphatic heterocycles. The van der Waals surface area contributed by atoms with Crippen LogP contribution in [0.2, 0.25) is 0 Å². The van der Waals surface area contributed by atoms with Gasteiger partial charge in [0.2, 0.25) is 5.91 Å². The molecular weight excluding hydrogens is 242 g/mol. The molecule has 0 saturated heterocycles. The van der Waals surface area contributed by atoms with Crippen LogP contribution in [-0.2, 0) is 9.53 Å². The number of rotatable bonds is 12. The van der Waals surface area contributed by atoms with Crippen molar-refractivity contribution in [2.24, 2.45) is 5.73 Å². The van der Waals surface area contributed by atoms with Crippen molar-refractivity contribution in [1.82, 2.24) is 10.2 Å². The normalized spacial score (nSPS) is 13.2. The first-order valence-corrected chi connectivity index (χ1v) is 7.36. The summed E-state index contributed by atoms with van der Waals surface area (Å²) in [5.74, 6) is -0.266. The van der Waals surface area contributed by atoms with E-state index in [1.54, 1.807) is 7.11 Å². The average Bonchev–Trinajstić information content (AvgIpc) is 2.40. The molecule has 0 aliphatic carbocycles. The molecule has 0 spiro atoms. The van der Waals surface area contributed by atoms with Crippen LogP contribution in [0.1, 0.15) is 40.0 Å². The van der Waals surface area contributed by atoms with Gasteiger partial charge in [0.1, 0.15) is 0 Å². The zero-order chi connectivity index (χ0) is 14.7. The first-order chi connectivity index (χ1) is 9.10. The van der Waals surface area contributed by atoms with E-state index in [1.807, 2.05) is 6.92 Å². The van der Waals surface area contributed by atoms with Gasteiger partial charge in [-0.25, -0.2) is 0 Å². The number of likely N-dealkylation sites (N-methyl/N-ethyl adjacent to an activating group) is 1. The summed E-state index contributed by atoms with van der Waals surface area (Å²) in [6.07, 6.45) is 2.98. The summed E-state index contributed by atoms with van der Waals surface area (Å²) in [5, 5.41) is 3.14. The fourth-order valence-corrected chi connectivity index (χ4v) is 2.38. The topological polar surface area (TPSA) is 67.6 Å². The standard InChI is InChI=1S/C14H31N3O2/c1-5-12(6-2)17(10-11-19-4)9-8-13(14(15)18)16-7-3/h12-13,16H,5-11H2,1-4H3,(H2,15,18). The summed E-state index contributed by atoms with van der Waals surface area (Å²) >= 11 is 0. The maximum absolute atomic E-state index is 11.3. The second kappa shape index (κ2) is 11.2. The number of primary amides is 1. The smallest absolute Gasteiger partial charge is 0.234 e.